The van der Waals surface area contributed by atoms with Crippen LogP contribution < -0.4 is 21.3 Å². The Hall–Kier alpha value is -3.67. The van der Waals surface area contributed by atoms with Gasteiger partial charge in [0.25, 0.3) is 0 Å². The molecular weight excluding hydrogens is 564 g/mol. The van der Waals surface area contributed by atoms with E-state index in [4.69, 9.17) is 9.47 Å². The minimum atomic E-state index is -1.06. The van der Waals surface area contributed by atoms with Crippen molar-refractivity contribution in [3.8, 4) is 0 Å². The normalized spacial score (nSPS) is 15.2. The van der Waals surface area contributed by atoms with E-state index in [2.05, 4.69) is 21.3 Å². The Morgan fingerprint density at radius 3 is 1.57 bits per heavy atom. The van der Waals surface area contributed by atoms with Crippen LogP contribution >= 0.6 is 0 Å². The molecule has 0 heterocycles. The van der Waals surface area contributed by atoms with Crippen LogP contribution in [0.25, 0.3) is 0 Å². The number of carbonyl (C=O) groups excluding carboxylic acids is 3. The second kappa shape index (κ2) is 17.0. The number of rotatable bonds is 14. The summed E-state index contributed by atoms with van der Waals surface area (Å²) in [5.41, 5.74) is 0.477. The van der Waals surface area contributed by atoms with Gasteiger partial charge in [-0.1, -0.05) is 81.4 Å². The van der Waals surface area contributed by atoms with Crippen LogP contribution in [0.3, 0.4) is 0 Å². The quantitative estimate of drug-likeness (QED) is 0.190. The summed E-state index contributed by atoms with van der Waals surface area (Å²) < 4.78 is 10.1. The molecule has 0 saturated carbocycles. The topological polar surface area (TPSA) is 158 Å². The molecule has 0 unspecified atom stereocenters. The highest BCUT2D eigenvalue weighted by Crippen LogP contribution is 2.20. The maximum Gasteiger partial charge on any atom is 0.407 e. The summed E-state index contributed by atoms with van der Waals surface area (Å²) in [6.45, 7) is 10.8. The number of aliphatic hydroxyl groups is 2. The molecule has 6 N–H and O–H groups in total. The third-order valence-corrected chi connectivity index (χ3v) is 6.84. The summed E-state index contributed by atoms with van der Waals surface area (Å²) in [4.78, 5) is 37.9. The van der Waals surface area contributed by atoms with Gasteiger partial charge in [0, 0.05) is 13.1 Å². The van der Waals surface area contributed by atoms with Crippen LogP contribution in [-0.4, -0.2) is 84.4 Å². The molecule has 244 valence electrons. The Morgan fingerprint density at radius 1 is 0.705 bits per heavy atom. The molecule has 0 aliphatic rings. The van der Waals surface area contributed by atoms with Crippen LogP contribution in [0, 0.1) is 5.41 Å². The lowest BCUT2D eigenvalue weighted by molar-refractivity contribution is -0.127. The number of benzene rings is 2. The maximum absolute atomic E-state index is 13.4. The summed E-state index contributed by atoms with van der Waals surface area (Å²) in [5, 5.41) is 33.7. The van der Waals surface area contributed by atoms with Gasteiger partial charge >= 0.3 is 12.2 Å². The van der Waals surface area contributed by atoms with Gasteiger partial charge in [0.15, 0.2) is 0 Å². The Labute approximate surface area is 261 Å². The van der Waals surface area contributed by atoms with Gasteiger partial charge < -0.3 is 41.0 Å². The average molecular weight is 615 g/mol. The molecule has 0 radical (unpaired) electrons. The lowest BCUT2D eigenvalue weighted by Gasteiger charge is -2.33. The first-order chi connectivity index (χ1) is 20.6. The van der Waals surface area contributed by atoms with Gasteiger partial charge in [-0.2, -0.15) is 0 Å². The molecule has 11 heteroatoms. The molecule has 3 amide bonds. The van der Waals surface area contributed by atoms with Crippen molar-refractivity contribution in [1.29, 1.82) is 0 Å². The number of ether oxygens (including phenoxy) is 2. The Morgan fingerprint density at radius 2 is 1.16 bits per heavy atom. The first-order valence-electron chi connectivity index (χ1n) is 14.9. The molecule has 0 spiro atoms. The number of nitrogens with one attached hydrogen (secondary N) is 4. The van der Waals surface area contributed by atoms with Crippen LogP contribution in [0.1, 0.15) is 52.7 Å². The molecule has 2 rings (SSSR count). The zero-order valence-corrected chi connectivity index (χ0v) is 26.9. The monoisotopic (exact) mass is 614 g/mol. The van der Waals surface area contributed by atoms with E-state index >= 15 is 0 Å². The third-order valence-electron chi connectivity index (χ3n) is 6.84. The summed E-state index contributed by atoms with van der Waals surface area (Å²) in [5.74, 6) is -0.465. The molecule has 0 aromatic heterocycles. The highest BCUT2D eigenvalue weighted by molar-refractivity contribution is 5.86. The van der Waals surface area contributed by atoms with Gasteiger partial charge in [-0.05, 0) is 50.2 Å². The molecule has 0 aliphatic heterocycles. The molecule has 2 aromatic carbocycles. The van der Waals surface area contributed by atoms with Gasteiger partial charge in [-0.3, -0.25) is 4.79 Å². The predicted octanol–water partition coefficient (Wildman–Crippen LogP) is 2.93. The minimum absolute atomic E-state index is 0.0317. The zero-order valence-electron chi connectivity index (χ0n) is 26.9. The molecule has 0 fully saturated rings. The average Bonchev–Trinajstić information content (AvgIpc) is 2.94. The Balaban J connectivity index is 2.13. The van der Waals surface area contributed by atoms with E-state index in [0.717, 1.165) is 11.1 Å². The van der Waals surface area contributed by atoms with Crippen molar-refractivity contribution in [3.05, 3.63) is 71.8 Å². The van der Waals surface area contributed by atoms with Crippen molar-refractivity contribution in [2.45, 2.75) is 90.3 Å². The Kier molecular flexibility index (Phi) is 14.1. The van der Waals surface area contributed by atoms with Crippen molar-refractivity contribution >= 4 is 18.1 Å². The smallest absolute Gasteiger partial charge is 0.407 e. The fourth-order valence-corrected chi connectivity index (χ4v) is 4.54. The first kappa shape index (κ1) is 36.5. The summed E-state index contributed by atoms with van der Waals surface area (Å²) in [7, 11) is 1.22. The van der Waals surface area contributed by atoms with Crippen LogP contribution in [0.2, 0.25) is 0 Å². The van der Waals surface area contributed by atoms with Crippen molar-refractivity contribution in [3.63, 3.8) is 0 Å². The zero-order chi connectivity index (χ0) is 32.9. The number of aliphatic hydroxyl groups excluding tert-OH is 2. The third kappa shape index (κ3) is 13.3. The molecular formula is C33H50N4O7. The predicted molar refractivity (Wildman–Crippen MR) is 169 cm³/mol. The number of alkyl carbamates (subject to hydrolysis) is 2. The summed E-state index contributed by atoms with van der Waals surface area (Å²) in [6.07, 6.45) is -2.77. The van der Waals surface area contributed by atoms with Crippen LogP contribution in [0.15, 0.2) is 60.7 Å². The summed E-state index contributed by atoms with van der Waals surface area (Å²) >= 11 is 0. The number of hydrogen-bond donors (Lipinski definition) is 6. The van der Waals surface area contributed by atoms with Crippen LogP contribution in [-0.2, 0) is 27.1 Å². The van der Waals surface area contributed by atoms with Crippen molar-refractivity contribution in [2.24, 2.45) is 5.41 Å². The second-order valence-corrected chi connectivity index (χ2v) is 13.0. The van der Waals surface area contributed by atoms with Gasteiger partial charge in [0.05, 0.1) is 31.4 Å². The van der Waals surface area contributed by atoms with E-state index in [1.807, 2.05) is 81.4 Å². The largest absolute Gasteiger partial charge is 0.453 e. The number of hydrogen-bond acceptors (Lipinski definition) is 8. The number of amides is 3. The molecule has 0 aliphatic carbocycles. The first-order valence-corrected chi connectivity index (χ1v) is 14.9. The van der Waals surface area contributed by atoms with E-state index in [1.165, 1.54) is 7.11 Å². The van der Waals surface area contributed by atoms with E-state index in [0.29, 0.717) is 12.8 Å². The fourth-order valence-electron chi connectivity index (χ4n) is 4.54. The lowest BCUT2D eigenvalue weighted by Crippen LogP contribution is -2.58. The lowest BCUT2D eigenvalue weighted by atomic mass is 9.85. The molecule has 11 nitrogen and oxygen atoms in total. The molecule has 44 heavy (non-hydrogen) atoms. The SMILES string of the molecule is COC(=O)N[C@H](C(=O)N[C@@H](Cc1ccccc1)[C@H](O)CNC[C@@H](O)[C@H](Cc1ccccc1)NC(=O)OC(C)(C)C)C(C)(C)C. The molecule has 0 saturated heterocycles. The van der Waals surface area contributed by atoms with E-state index in [9.17, 15) is 24.6 Å². The van der Waals surface area contributed by atoms with Crippen molar-refractivity contribution < 1.29 is 34.1 Å². The Bertz CT molecular complexity index is 1170. The van der Waals surface area contributed by atoms with Crippen LogP contribution in [0.5, 0.6) is 0 Å². The molecule has 0 bridgehead atoms. The second-order valence-electron chi connectivity index (χ2n) is 13.0. The van der Waals surface area contributed by atoms with Gasteiger partial charge in [-0.15, -0.1) is 0 Å². The fraction of sp³-hybridized carbons (Fsp3) is 0.545. The van der Waals surface area contributed by atoms with Gasteiger partial charge in [0.1, 0.15) is 11.6 Å². The highest BCUT2D eigenvalue weighted by Gasteiger charge is 2.35. The molecule has 2 aromatic rings. The minimum Gasteiger partial charge on any atom is -0.453 e. The van der Waals surface area contributed by atoms with Gasteiger partial charge in [-0.25, -0.2) is 9.59 Å². The van der Waals surface area contributed by atoms with E-state index < -0.39 is 59.4 Å². The van der Waals surface area contributed by atoms with E-state index in [-0.39, 0.29) is 13.1 Å². The highest BCUT2D eigenvalue weighted by atomic mass is 16.6. The number of carbonyl (C=O) groups is 3. The standard InChI is InChI=1S/C33H50N4O7/c1-32(2,3)28(37-30(41)43-7)29(40)35-24(18-22-14-10-8-11-15-22)26(38)20-34-21-27(39)25(19-23-16-12-9-13-17-23)36-31(42)44-33(4,5)6/h8-17,24-28,34,38-39H,18-21H2,1-7H3,(H,35,40)(H,36,42)(H,37,41)/t24-,25-,26+,27+,28+/m0/s1. The van der Waals surface area contributed by atoms with Crippen molar-refractivity contribution in [1.82, 2.24) is 21.3 Å². The number of methoxy groups -OCH3 is 1. The van der Waals surface area contributed by atoms with Crippen LogP contribution in [0.4, 0.5) is 9.59 Å². The molecule has 5 atom stereocenters. The summed E-state index contributed by atoms with van der Waals surface area (Å²) in [6, 6.07) is 16.6. The van der Waals surface area contributed by atoms with Crippen molar-refractivity contribution in [2.75, 3.05) is 20.2 Å². The van der Waals surface area contributed by atoms with Gasteiger partial charge in [0.2, 0.25) is 5.91 Å². The maximum atomic E-state index is 13.4. The van der Waals surface area contributed by atoms with E-state index in [1.54, 1.807) is 20.8 Å².